The highest BCUT2D eigenvalue weighted by Crippen LogP contribution is 2.33. The van der Waals surface area contributed by atoms with Crippen molar-refractivity contribution < 1.29 is 4.79 Å². The first-order valence-corrected chi connectivity index (χ1v) is 7.48. The number of hydrogen-bond acceptors (Lipinski definition) is 3. The van der Waals surface area contributed by atoms with Crippen molar-refractivity contribution >= 4 is 50.7 Å². The second-order valence-electron chi connectivity index (χ2n) is 4.32. The fourth-order valence-electron chi connectivity index (χ4n) is 1.91. The Bertz CT molecular complexity index is 455. The molecule has 0 saturated carbocycles. The van der Waals surface area contributed by atoms with Crippen molar-refractivity contribution in [1.82, 2.24) is 10.2 Å². The molecule has 0 unspecified atom stereocenters. The Labute approximate surface area is 130 Å². The molecule has 0 spiro atoms. The van der Waals surface area contributed by atoms with E-state index in [1.807, 2.05) is 0 Å². The van der Waals surface area contributed by atoms with E-state index in [2.05, 4.69) is 31.5 Å². The predicted molar refractivity (Wildman–Crippen MR) is 82.1 cm³/mol. The summed E-state index contributed by atoms with van der Waals surface area (Å²) in [6, 6.07) is 3.40. The molecule has 1 amide bonds. The summed E-state index contributed by atoms with van der Waals surface area (Å²) in [6.45, 7) is 3.91. The van der Waals surface area contributed by atoms with E-state index in [0.29, 0.717) is 22.3 Å². The molecule has 1 saturated heterocycles. The van der Waals surface area contributed by atoms with Gasteiger partial charge in [-0.2, -0.15) is 0 Å². The Morgan fingerprint density at radius 2 is 1.89 bits per heavy atom. The first-order valence-electron chi connectivity index (χ1n) is 5.94. The van der Waals surface area contributed by atoms with Gasteiger partial charge in [0.15, 0.2) is 0 Å². The molecule has 104 valence electrons. The minimum atomic E-state index is -0.104. The molecule has 2 rings (SSSR count). The van der Waals surface area contributed by atoms with Crippen molar-refractivity contribution in [2.24, 2.45) is 0 Å². The molecule has 1 aromatic carbocycles. The van der Waals surface area contributed by atoms with Gasteiger partial charge in [-0.1, -0.05) is 39.1 Å². The maximum absolute atomic E-state index is 12.0. The van der Waals surface area contributed by atoms with Crippen LogP contribution < -0.4 is 10.6 Å². The van der Waals surface area contributed by atoms with Crippen molar-refractivity contribution in [3.63, 3.8) is 0 Å². The molecule has 0 atom stereocenters. The van der Waals surface area contributed by atoms with E-state index in [-0.39, 0.29) is 5.91 Å². The van der Waals surface area contributed by atoms with Gasteiger partial charge >= 0.3 is 0 Å². The smallest absolute Gasteiger partial charge is 0.238 e. The maximum atomic E-state index is 12.0. The lowest BCUT2D eigenvalue weighted by molar-refractivity contribution is -0.117. The molecular formula is C12H14BrCl2N3O. The molecular weight excluding hydrogens is 353 g/mol. The van der Waals surface area contributed by atoms with Crippen LogP contribution in [-0.4, -0.2) is 43.5 Å². The van der Waals surface area contributed by atoms with E-state index in [1.165, 1.54) is 0 Å². The third-order valence-electron chi connectivity index (χ3n) is 2.85. The van der Waals surface area contributed by atoms with Gasteiger partial charge in [-0.15, -0.1) is 0 Å². The average Bonchev–Trinajstić information content (AvgIpc) is 2.35. The van der Waals surface area contributed by atoms with Gasteiger partial charge in [-0.05, 0) is 12.1 Å². The molecule has 1 aliphatic heterocycles. The monoisotopic (exact) mass is 365 g/mol. The number of anilines is 1. The van der Waals surface area contributed by atoms with Crippen LogP contribution in [-0.2, 0) is 4.79 Å². The van der Waals surface area contributed by atoms with Gasteiger partial charge in [0.2, 0.25) is 5.91 Å². The van der Waals surface area contributed by atoms with E-state index in [1.54, 1.807) is 12.1 Å². The van der Waals surface area contributed by atoms with Crippen molar-refractivity contribution in [2.45, 2.75) is 0 Å². The molecule has 1 fully saturated rings. The Morgan fingerprint density at radius 1 is 1.32 bits per heavy atom. The SMILES string of the molecule is O=C(CN1CCNCC1)Nc1c(Cl)cc(Br)cc1Cl. The normalized spacial score (nSPS) is 16.4. The highest BCUT2D eigenvalue weighted by atomic mass is 79.9. The second kappa shape index (κ2) is 6.90. The van der Waals surface area contributed by atoms with Crippen molar-refractivity contribution in [1.29, 1.82) is 0 Å². The van der Waals surface area contributed by atoms with E-state index in [0.717, 1.165) is 30.7 Å². The lowest BCUT2D eigenvalue weighted by Crippen LogP contribution is -2.46. The number of nitrogens with zero attached hydrogens (tertiary/aromatic N) is 1. The first-order chi connectivity index (χ1) is 9.06. The predicted octanol–water partition coefficient (Wildman–Crippen LogP) is 2.60. The summed E-state index contributed by atoms with van der Waals surface area (Å²) >= 11 is 15.4. The minimum Gasteiger partial charge on any atom is -0.322 e. The fourth-order valence-corrected chi connectivity index (χ4v) is 3.22. The van der Waals surface area contributed by atoms with Gasteiger partial charge in [0.25, 0.3) is 0 Å². The van der Waals surface area contributed by atoms with Crippen molar-refractivity contribution in [2.75, 3.05) is 38.0 Å². The number of benzene rings is 1. The zero-order chi connectivity index (χ0) is 13.8. The molecule has 0 radical (unpaired) electrons. The largest absolute Gasteiger partial charge is 0.322 e. The molecule has 1 aromatic rings. The summed E-state index contributed by atoms with van der Waals surface area (Å²) in [7, 11) is 0. The van der Waals surface area contributed by atoms with Crippen LogP contribution in [0.15, 0.2) is 16.6 Å². The van der Waals surface area contributed by atoms with E-state index in [4.69, 9.17) is 23.2 Å². The van der Waals surface area contributed by atoms with Gasteiger partial charge in [-0.3, -0.25) is 9.69 Å². The Morgan fingerprint density at radius 3 is 2.47 bits per heavy atom. The number of nitrogens with one attached hydrogen (secondary N) is 2. The van der Waals surface area contributed by atoms with Crippen molar-refractivity contribution in [3.8, 4) is 0 Å². The number of carbonyl (C=O) groups is 1. The lowest BCUT2D eigenvalue weighted by Gasteiger charge is -2.26. The zero-order valence-electron chi connectivity index (χ0n) is 10.2. The number of hydrogen-bond donors (Lipinski definition) is 2. The molecule has 4 nitrogen and oxygen atoms in total. The highest BCUT2D eigenvalue weighted by molar-refractivity contribution is 9.10. The van der Waals surface area contributed by atoms with Gasteiger partial charge in [0.1, 0.15) is 0 Å². The summed E-state index contributed by atoms with van der Waals surface area (Å²) in [5.41, 5.74) is 0.465. The second-order valence-corrected chi connectivity index (χ2v) is 6.05. The zero-order valence-corrected chi connectivity index (χ0v) is 13.3. The van der Waals surface area contributed by atoms with E-state index in [9.17, 15) is 4.79 Å². The van der Waals surface area contributed by atoms with Crippen LogP contribution in [0.3, 0.4) is 0 Å². The molecule has 7 heteroatoms. The van der Waals surface area contributed by atoms with Crippen LogP contribution in [0.2, 0.25) is 10.0 Å². The third kappa shape index (κ3) is 4.33. The van der Waals surface area contributed by atoms with E-state index >= 15 is 0 Å². The quantitative estimate of drug-likeness (QED) is 0.864. The number of amides is 1. The Kier molecular flexibility index (Phi) is 5.47. The van der Waals surface area contributed by atoms with Crippen LogP contribution in [0, 0.1) is 0 Å². The van der Waals surface area contributed by atoms with E-state index < -0.39 is 0 Å². The molecule has 2 N–H and O–H groups in total. The fraction of sp³-hybridized carbons (Fsp3) is 0.417. The maximum Gasteiger partial charge on any atom is 0.238 e. The van der Waals surface area contributed by atoms with Gasteiger partial charge in [-0.25, -0.2) is 0 Å². The van der Waals surface area contributed by atoms with Crippen LogP contribution in [0.1, 0.15) is 0 Å². The summed E-state index contributed by atoms with van der Waals surface area (Å²) < 4.78 is 0.780. The summed E-state index contributed by atoms with van der Waals surface area (Å²) in [5.74, 6) is -0.104. The van der Waals surface area contributed by atoms with Gasteiger partial charge < -0.3 is 10.6 Å². The van der Waals surface area contributed by atoms with Crippen molar-refractivity contribution in [3.05, 3.63) is 26.7 Å². The number of piperazine rings is 1. The molecule has 19 heavy (non-hydrogen) atoms. The third-order valence-corrected chi connectivity index (χ3v) is 3.90. The average molecular weight is 367 g/mol. The topological polar surface area (TPSA) is 44.4 Å². The molecule has 1 aliphatic rings. The highest BCUT2D eigenvalue weighted by Gasteiger charge is 2.16. The number of halogens is 3. The Balaban J connectivity index is 1.98. The lowest BCUT2D eigenvalue weighted by atomic mass is 10.3. The molecule has 0 aliphatic carbocycles. The summed E-state index contributed by atoms with van der Waals surface area (Å²) in [4.78, 5) is 14.1. The molecule has 1 heterocycles. The number of rotatable bonds is 3. The minimum absolute atomic E-state index is 0.104. The first kappa shape index (κ1) is 15.1. The molecule has 0 bridgehead atoms. The Hall–Kier alpha value is -0.330. The van der Waals surface area contributed by atoms with Gasteiger partial charge in [0.05, 0.1) is 22.3 Å². The number of carbonyl (C=O) groups excluding carboxylic acids is 1. The molecule has 0 aromatic heterocycles. The summed E-state index contributed by atoms with van der Waals surface area (Å²) in [5, 5.41) is 6.86. The van der Waals surface area contributed by atoms with Crippen LogP contribution in [0.25, 0.3) is 0 Å². The standard InChI is InChI=1S/C12H14BrCl2N3O/c13-8-5-9(14)12(10(15)6-8)17-11(19)7-18-3-1-16-2-4-18/h5-6,16H,1-4,7H2,(H,17,19). The summed E-state index contributed by atoms with van der Waals surface area (Å²) in [6.07, 6.45) is 0. The van der Waals surface area contributed by atoms with Gasteiger partial charge in [0, 0.05) is 30.7 Å². The van der Waals surface area contributed by atoms with Crippen LogP contribution in [0.4, 0.5) is 5.69 Å². The van der Waals surface area contributed by atoms with Crippen LogP contribution >= 0.6 is 39.1 Å². The van der Waals surface area contributed by atoms with Crippen LogP contribution in [0.5, 0.6) is 0 Å².